The van der Waals surface area contributed by atoms with Crippen molar-refractivity contribution in [1.82, 2.24) is 0 Å². The molecule has 3 atom stereocenters. The van der Waals surface area contributed by atoms with E-state index in [0.717, 1.165) is 32.1 Å². The predicted molar refractivity (Wildman–Crippen MR) is 164 cm³/mol. The highest BCUT2D eigenvalue weighted by atomic mass is 16.6. The quantitative estimate of drug-likeness (QED) is 0.0855. The van der Waals surface area contributed by atoms with Gasteiger partial charge in [-0.2, -0.15) is 0 Å². The minimum absolute atomic E-state index is 0.00590. The van der Waals surface area contributed by atoms with Crippen molar-refractivity contribution in [3.8, 4) is 0 Å². The summed E-state index contributed by atoms with van der Waals surface area (Å²) in [6.45, 7) is 4.52. The van der Waals surface area contributed by atoms with Crippen LogP contribution in [0.4, 0.5) is 0 Å². The second kappa shape index (κ2) is 25.8. The van der Waals surface area contributed by atoms with E-state index >= 15 is 0 Å². The van der Waals surface area contributed by atoms with Crippen molar-refractivity contribution in [3.63, 3.8) is 0 Å². The Morgan fingerprint density at radius 2 is 0.846 bits per heavy atom. The zero-order valence-corrected chi connectivity index (χ0v) is 26.0. The van der Waals surface area contributed by atoms with Crippen molar-refractivity contribution in [2.45, 2.75) is 205 Å². The maximum atomic E-state index is 12.5. The predicted octanol–water partition coefficient (Wildman–Crippen LogP) is 9.72. The van der Waals surface area contributed by atoms with Crippen LogP contribution in [-0.2, 0) is 19.1 Å². The van der Waals surface area contributed by atoms with Crippen molar-refractivity contribution in [2.75, 3.05) is 0 Å². The molecule has 0 aromatic carbocycles. The highest BCUT2D eigenvalue weighted by molar-refractivity contribution is 5.70. The van der Waals surface area contributed by atoms with Gasteiger partial charge in [-0.1, -0.05) is 142 Å². The number of hydrogen-bond acceptors (Lipinski definition) is 5. The lowest BCUT2D eigenvalue weighted by Gasteiger charge is -2.33. The van der Waals surface area contributed by atoms with E-state index in [1.165, 1.54) is 116 Å². The van der Waals surface area contributed by atoms with Gasteiger partial charge in [-0.05, 0) is 25.7 Å². The Labute approximate surface area is 242 Å². The van der Waals surface area contributed by atoms with Gasteiger partial charge in [0.2, 0.25) is 0 Å². The number of hydrogen-bond donors (Lipinski definition) is 1. The smallest absolute Gasteiger partial charge is 0.306 e. The topological polar surface area (TPSA) is 78.6 Å². The van der Waals surface area contributed by atoms with E-state index in [9.17, 15) is 9.59 Å². The SMILES string of the molecule is CCCCCCCCCCCCCC(=O)OC1CCC(N)CC1OC(=O)CCCCCCCCCCCCC. The Morgan fingerprint density at radius 3 is 1.23 bits per heavy atom. The third-order valence-electron chi connectivity index (χ3n) is 8.31. The molecule has 1 rings (SSSR count). The van der Waals surface area contributed by atoms with E-state index in [-0.39, 0.29) is 24.1 Å². The average molecular weight is 552 g/mol. The maximum Gasteiger partial charge on any atom is 0.306 e. The van der Waals surface area contributed by atoms with E-state index in [4.69, 9.17) is 15.2 Å². The van der Waals surface area contributed by atoms with Gasteiger partial charge in [0.15, 0.2) is 0 Å². The summed E-state index contributed by atoms with van der Waals surface area (Å²) in [6, 6.07) is 0.00590. The minimum atomic E-state index is -0.393. The fraction of sp³-hybridized carbons (Fsp3) is 0.941. The van der Waals surface area contributed by atoms with Crippen LogP contribution in [-0.4, -0.2) is 30.2 Å². The molecule has 230 valence electrons. The summed E-state index contributed by atoms with van der Waals surface area (Å²) >= 11 is 0. The fourth-order valence-electron chi connectivity index (χ4n) is 5.71. The van der Waals surface area contributed by atoms with Crippen LogP contribution in [0.1, 0.15) is 187 Å². The highest BCUT2D eigenvalue weighted by Crippen LogP contribution is 2.25. The van der Waals surface area contributed by atoms with Gasteiger partial charge in [0.25, 0.3) is 0 Å². The molecule has 1 fully saturated rings. The Kier molecular flexibility index (Phi) is 23.8. The molecule has 0 amide bonds. The zero-order valence-electron chi connectivity index (χ0n) is 26.0. The summed E-state index contributed by atoms with van der Waals surface area (Å²) in [7, 11) is 0. The number of carbonyl (C=O) groups is 2. The minimum Gasteiger partial charge on any atom is -0.458 e. The summed E-state index contributed by atoms with van der Waals surface area (Å²) in [5, 5.41) is 0. The molecule has 3 unspecified atom stereocenters. The molecule has 0 heterocycles. The van der Waals surface area contributed by atoms with E-state index in [1.807, 2.05) is 0 Å². The third kappa shape index (κ3) is 21.3. The molecule has 0 aliphatic heterocycles. The van der Waals surface area contributed by atoms with Crippen LogP contribution in [0.2, 0.25) is 0 Å². The normalized spacial score (nSPS) is 19.2. The van der Waals surface area contributed by atoms with Crippen LogP contribution >= 0.6 is 0 Å². The van der Waals surface area contributed by atoms with Crippen LogP contribution in [0.15, 0.2) is 0 Å². The van der Waals surface area contributed by atoms with E-state index in [1.54, 1.807) is 0 Å². The number of ether oxygens (including phenoxy) is 2. The van der Waals surface area contributed by atoms with Crippen molar-refractivity contribution in [2.24, 2.45) is 5.73 Å². The number of unbranched alkanes of at least 4 members (excludes halogenated alkanes) is 20. The largest absolute Gasteiger partial charge is 0.458 e. The molecule has 39 heavy (non-hydrogen) atoms. The number of rotatable bonds is 26. The number of carbonyl (C=O) groups excluding carboxylic acids is 2. The molecule has 0 aromatic heterocycles. The number of nitrogens with two attached hydrogens (primary N) is 1. The van der Waals surface area contributed by atoms with E-state index in [2.05, 4.69) is 13.8 Å². The molecule has 5 nitrogen and oxygen atoms in total. The Bertz CT molecular complexity index is 582. The van der Waals surface area contributed by atoms with Crippen molar-refractivity contribution < 1.29 is 19.1 Å². The Morgan fingerprint density at radius 1 is 0.513 bits per heavy atom. The standard InChI is InChI=1S/C34H65NO4/c1-3-5-7-9-11-13-15-17-19-21-23-25-33(36)38-31-28-27-30(35)29-32(31)39-34(37)26-24-22-20-18-16-14-12-10-8-6-4-2/h30-32H,3-29,35H2,1-2H3. The van der Waals surface area contributed by atoms with Crippen LogP contribution < -0.4 is 5.73 Å². The van der Waals surface area contributed by atoms with Crippen LogP contribution in [0.3, 0.4) is 0 Å². The molecule has 1 aliphatic carbocycles. The van der Waals surface area contributed by atoms with Crippen LogP contribution in [0.5, 0.6) is 0 Å². The van der Waals surface area contributed by atoms with Crippen molar-refractivity contribution >= 4 is 11.9 Å². The second-order valence-electron chi connectivity index (χ2n) is 12.2. The molecular weight excluding hydrogens is 486 g/mol. The van der Waals surface area contributed by atoms with Crippen molar-refractivity contribution in [3.05, 3.63) is 0 Å². The first kappa shape index (κ1) is 35.9. The number of esters is 2. The molecule has 1 saturated carbocycles. The van der Waals surface area contributed by atoms with E-state index < -0.39 is 6.10 Å². The lowest BCUT2D eigenvalue weighted by Crippen LogP contribution is -2.44. The zero-order chi connectivity index (χ0) is 28.4. The van der Waals surface area contributed by atoms with Gasteiger partial charge in [-0.15, -0.1) is 0 Å². The molecule has 0 spiro atoms. The van der Waals surface area contributed by atoms with Crippen LogP contribution in [0.25, 0.3) is 0 Å². The van der Waals surface area contributed by atoms with Crippen molar-refractivity contribution in [1.29, 1.82) is 0 Å². The third-order valence-corrected chi connectivity index (χ3v) is 8.31. The first-order chi connectivity index (χ1) is 19.1. The van der Waals surface area contributed by atoms with Gasteiger partial charge in [0.05, 0.1) is 0 Å². The molecule has 0 bridgehead atoms. The first-order valence-corrected chi connectivity index (χ1v) is 17.2. The fourth-order valence-corrected chi connectivity index (χ4v) is 5.71. The highest BCUT2D eigenvalue weighted by Gasteiger charge is 2.34. The molecule has 0 radical (unpaired) electrons. The average Bonchev–Trinajstić information content (AvgIpc) is 2.92. The van der Waals surface area contributed by atoms with Gasteiger partial charge in [-0.3, -0.25) is 9.59 Å². The molecule has 5 heteroatoms. The molecule has 2 N–H and O–H groups in total. The molecule has 0 saturated heterocycles. The Balaban J connectivity index is 2.11. The summed E-state index contributed by atoms with van der Waals surface area (Å²) < 4.78 is 11.6. The summed E-state index contributed by atoms with van der Waals surface area (Å²) in [6.07, 6.45) is 29.9. The summed E-state index contributed by atoms with van der Waals surface area (Å²) in [5.74, 6) is -0.325. The molecule has 0 aromatic rings. The van der Waals surface area contributed by atoms with Gasteiger partial charge >= 0.3 is 11.9 Å². The summed E-state index contributed by atoms with van der Waals surface area (Å²) in [5.41, 5.74) is 6.15. The van der Waals surface area contributed by atoms with Gasteiger partial charge in [0, 0.05) is 25.3 Å². The van der Waals surface area contributed by atoms with Gasteiger partial charge < -0.3 is 15.2 Å². The van der Waals surface area contributed by atoms with E-state index in [0.29, 0.717) is 25.7 Å². The molecular formula is C34H65NO4. The summed E-state index contributed by atoms with van der Waals surface area (Å²) in [4.78, 5) is 25.0. The Hall–Kier alpha value is -1.10. The lowest BCUT2D eigenvalue weighted by molar-refractivity contribution is -0.172. The molecule has 1 aliphatic rings. The van der Waals surface area contributed by atoms with Crippen LogP contribution in [0, 0.1) is 0 Å². The second-order valence-corrected chi connectivity index (χ2v) is 12.2. The monoisotopic (exact) mass is 551 g/mol. The first-order valence-electron chi connectivity index (χ1n) is 17.2. The lowest BCUT2D eigenvalue weighted by atomic mass is 9.90. The maximum absolute atomic E-state index is 12.5. The van der Waals surface area contributed by atoms with Gasteiger partial charge in [-0.25, -0.2) is 0 Å². The van der Waals surface area contributed by atoms with Gasteiger partial charge in [0.1, 0.15) is 12.2 Å².